The number of carbonyl (C=O) groups is 1. The van der Waals surface area contributed by atoms with Crippen molar-refractivity contribution >= 4 is 5.91 Å². The van der Waals surface area contributed by atoms with Crippen molar-refractivity contribution in [2.75, 3.05) is 47.4 Å². The Morgan fingerprint density at radius 3 is 2.68 bits per heavy atom. The molecule has 1 amide bonds. The van der Waals surface area contributed by atoms with Gasteiger partial charge in [-0.2, -0.15) is 0 Å². The molecule has 0 unspecified atom stereocenters. The Morgan fingerprint density at radius 2 is 1.94 bits per heavy atom. The summed E-state index contributed by atoms with van der Waals surface area (Å²) in [6.45, 7) is 3.57. The third kappa shape index (κ3) is 6.44. The lowest BCUT2D eigenvalue weighted by atomic mass is 9.96. The van der Waals surface area contributed by atoms with Crippen molar-refractivity contribution in [1.29, 1.82) is 0 Å². The Morgan fingerprint density at radius 1 is 1.16 bits per heavy atom. The fourth-order valence-electron chi connectivity index (χ4n) is 4.27. The Hall–Kier alpha value is -2.60. The largest absolute Gasteiger partial charge is 0.493 e. The van der Waals surface area contributed by atoms with Crippen molar-refractivity contribution in [2.24, 2.45) is 5.92 Å². The second kappa shape index (κ2) is 11.1. The van der Waals surface area contributed by atoms with Gasteiger partial charge in [0.2, 0.25) is 5.91 Å². The molecule has 0 spiro atoms. The van der Waals surface area contributed by atoms with Crippen LogP contribution in [0.25, 0.3) is 0 Å². The monoisotopic (exact) mass is 428 g/mol. The van der Waals surface area contributed by atoms with E-state index in [1.54, 1.807) is 20.3 Å². The van der Waals surface area contributed by atoms with Crippen LogP contribution in [0, 0.1) is 11.7 Å². The maximum Gasteiger partial charge on any atom is 0.226 e. The Kier molecular flexibility index (Phi) is 8.29. The van der Waals surface area contributed by atoms with Crippen LogP contribution in [0.2, 0.25) is 0 Å². The zero-order valence-corrected chi connectivity index (χ0v) is 18.8. The summed E-state index contributed by atoms with van der Waals surface area (Å²) in [6, 6.07) is 12.6. The summed E-state index contributed by atoms with van der Waals surface area (Å²) in [5, 5.41) is 0. The van der Waals surface area contributed by atoms with E-state index in [1.165, 1.54) is 6.07 Å². The number of likely N-dealkylation sites (tertiary alicyclic amines) is 1. The van der Waals surface area contributed by atoms with Crippen molar-refractivity contribution in [1.82, 2.24) is 9.80 Å². The highest BCUT2D eigenvalue weighted by atomic mass is 19.1. The van der Waals surface area contributed by atoms with Gasteiger partial charge in [-0.05, 0) is 61.1 Å². The first kappa shape index (κ1) is 23.1. The topological polar surface area (TPSA) is 42.0 Å². The summed E-state index contributed by atoms with van der Waals surface area (Å²) < 4.78 is 24.5. The van der Waals surface area contributed by atoms with E-state index >= 15 is 0 Å². The number of hydrogen-bond acceptors (Lipinski definition) is 4. The van der Waals surface area contributed by atoms with Gasteiger partial charge in [0.05, 0.1) is 20.6 Å². The van der Waals surface area contributed by atoms with Crippen molar-refractivity contribution in [3.8, 4) is 11.5 Å². The average Bonchev–Trinajstić information content (AvgIpc) is 2.78. The van der Waals surface area contributed by atoms with Crippen molar-refractivity contribution < 1.29 is 18.7 Å². The standard InChI is InChI=1S/C25H33FN2O3/c1-27(25(29)16-19-10-11-23(30-2)24(15-19)31-3)17-20-7-6-13-28(18-20)14-12-21-8-4-5-9-22(21)26/h4-5,8-11,15,20H,6-7,12-14,16-18H2,1-3H3/t20-/m0/s1. The lowest BCUT2D eigenvalue weighted by molar-refractivity contribution is -0.130. The normalized spacial score (nSPS) is 16.7. The highest BCUT2D eigenvalue weighted by Crippen LogP contribution is 2.28. The zero-order chi connectivity index (χ0) is 22.2. The SMILES string of the molecule is COc1ccc(CC(=O)N(C)C[C@@H]2CCCN(CCc3ccccc3F)C2)cc1OC. The van der Waals surface area contributed by atoms with Crippen molar-refractivity contribution in [3.05, 3.63) is 59.4 Å². The number of halogens is 1. The first-order valence-corrected chi connectivity index (χ1v) is 10.9. The molecule has 1 heterocycles. The van der Waals surface area contributed by atoms with Crippen LogP contribution in [0.15, 0.2) is 42.5 Å². The van der Waals surface area contributed by atoms with Crippen LogP contribution >= 0.6 is 0 Å². The molecule has 1 fully saturated rings. The maximum absolute atomic E-state index is 13.9. The molecule has 2 aromatic carbocycles. The molecule has 2 aromatic rings. The summed E-state index contributed by atoms with van der Waals surface area (Å²) in [4.78, 5) is 17.0. The van der Waals surface area contributed by atoms with E-state index in [9.17, 15) is 9.18 Å². The minimum atomic E-state index is -0.128. The molecule has 3 rings (SSSR count). The minimum Gasteiger partial charge on any atom is -0.493 e. The van der Waals surface area contributed by atoms with E-state index in [4.69, 9.17) is 9.47 Å². The van der Waals surface area contributed by atoms with Crippen LogP contribution in [-0.2, 0) is 17.6 Å². The van der Waals surface area contributed by atoms with Crippen LogP contribution in [0.4, 0.5) is 4.39 Å². The molecule has 0 bridgehead atoms. The summed E-state index contributed by atoms with van der Waals surface area (Å²) >= 11 is 0. The van der Waals surface area contributed by atoms with E-state index < -0.39 is 0 Å². The summed E-state index contributed by atoms with van der Waals surface area (Å²) in [5.74, 6) is 1.69. The molecule has 0 aliphatic carbocycles. The predicted molar refractivity (Wildman–Crippen MR) is 120 cm³/mol. The Bertz CT molecular complexity index is 874. The molecule has 0 N–H and O–H groups in total. The lowest BCUT2D eigenvalue weighted by Crippen LogP contribution is -2.42. The van der Waals surface area contributed by atoms with Gasteiger partial charge in [0.25, 0.3) is 0 Å². The molecule has 0 aromatic heterocycles. The highest BCUT2D eigenvalue weighted by molar-refractivity contribution is 5.78. The number of likely N-dealkylation sites (N-methyl/N-ethyl adjacent to an activating group) is 1. The van der Waals surface area contributed by atoms with Gasteiger partial charge in [0, 0.05) is 26.7 Å². The third-order valence-corrected chi connectivity index (χ3v) is 6.02. The first-order chi connectivity index (χ1) is 15.0. The van der Waals surface area contributed by atoms with E-state index in [1.807, 2.05) is 42.3 Å². The average molecular weight is 429 g/mol. The van der Waals surface area contributed by atoms with Gasteiger partial charge in [-0.1, -0.05) is 24.3 Å². The molecule has 1 saturated heterocycles. The van der Waals surface area contributed by atoms with Gasteiger partial charge < -0.3 is 19.3 Å². The van der Waals surface area contributed by atoms with Gasteiger partial charge in [-0.15, -0.1) is 0 Å². The van der Waals surface area contributed by atoms with Gasteiger partial charge in [-0.25, -0.2) is 4.39 Å². The van der Waals surface area contributed by atoms with Crippen LogP contribution in [-0.4, -0.2) is 63.2 Å². The maximum atomic E-state index is 13.9. The first-order valence-electron chi connectivity index (χ1n) is 10.9. The minimum absolute atomic E-state index is 0.0932. The molecule has 0 saturated carbocycles. The van der Waals surface area contributed by atoms with Crippen LogP contribution in [0.3, 0.4) is 0 Å². The Labute approximate surface area is 184 Å². The number of rotatable bonds is 9. The number of hydrogen-bond donors (Lipinski definition) is 0. The van der Waals surface area contributed by atoms with E-state index in [0.29, 0.717) is 30.3 Å². The fraction of sp³-hybridized carbons (Fsp3) is 0.480. The molecule has 0 radical (unpaired) electrons. The van der Waals surface area contributed by atoms with E-state index in [0.717, 1.165) is 50.1 Å². The zero-order valence-electron chi connectivity index (χ0n) is 18.8. The summed E-state index contributed by atoms with van der Waals surface area (Å²) in [7, 11) is 5.07. The molecule has 1 aliphatic rings. The van der Waals surface area contributed by atoms with E-state index in [-0.39, 0.29) is 11.7 Å². The number of methoxy groups -OCH3 is 2. The second-order valence-corrected chi connectivity index (χ2v) is 8.29. The van der Waals surface area contributed by atoms with Crippen LogP contribution in [0.1, 0.15) is 24.0 Å². The highest BCUT2D eigenvalue weighted by Gasteiger charge is 2.23. The van der Waals surface area contributed by atoms with Crippen molar-refractivity contribution in [3.63, 3.8) is 0 Å². The van der Waals surface area contributed by atoms with E-state index in [2.05, 4.69) is 4.90 Å². The lowest BCUT2D eigenvalue weighted by Gasteiger charge is -2.34. The van der Waals surface area contributed by atoms with Gasteiger partial charge in [-0.3, -0.25) is 4.79 Å². The smallest absolute Gasteiger partial charge is 0.226 e. The predicted octanol–water partition coefficient (Wildman–Crippen LogP) is 3.80. The number of nitrogens with zero attached hydrogens (tertiary/aromatic N) is 2. The molecular weight excluding hydrogens is 395 g/mol. The van der Waals surface area contributed by atoms with Gasteiger partial charge in [0.1, 0.15) is 5.82 Å². The fourth-order valence-corrected chi connectivity index (χ4v) is 4.27. The molecule has 1 atom stereocenters. The number of piperidine rings is 1. The number of ether oxygens (including phenoxy) is 2. The van der Waals surface area contributed by atoms with Crippen LogP contribution < -0.4 is 9.47 Å². The Balaban J connectivity index is 1.49. The quantitative estimate of drug-likeness (QED) is 0.609. The van der Waals surface area contributed by atoms with Crippen molar-refractivity contribution in [2.45, 2.75) is 25.7 Å². The summed E-state index contributed by atoms with van der Waals surface area (Å²) in [5.41, 5.74) is 1.68. The molecule has 6 heteroatoms. The molecule has 168 valence electrons. The molecule has 31 heavy (non-hydrogen) atoms. The molecular formula is C25H33FN2O3. The van der Waals surface area contributed by atoms with Gasteiger partial charge >= 0.3 is 0 Å². The van der Waals surface area contributed by atoms with Crippen LogP contribution in [0.5, 0.6) is 11.5 Å². The molecule has 1 aliphatic heterocycles. The number of amides is 1. The second-order valence-electron chi connectivity index (χ2n) is 8.29. The van der Waals surface area contributed by atoms with Gasteiger partial charge in [0.15, 0.2) is 11.5 Å². The number of carbonyl (C=O) groups excluding carboxylic acids is 1. The molecule has 5 nitrogen and oxygen atoms in total. The summed E-state index contributed by atoms with van der Waals surface area (Å²) in [6.07, 6.45) is 3.28. The number of benzene rings is 2. The third-order valence-electron chi connectivity index (χ3n) is 6.02.